The first-order chi connectivity index (χ1) is 13.6. The molecule has 28 heavy (non-hydrogen) atoms. The minimum Gasteiger partial charge on any atom is -0.453 e. The van der Waals surface area contributed by atoms with Gasteiger partial charge in [0.1, 0.15) is 6.04 Å². The summed E-state index contributed by atoms with van der Waals surface area (Å²) in [6.07, 6.45) is -0.312. The fourth-order valence-corrected chi connectivity index (χ4v) is 3.48. The first-order valence-electron chi connectivity index (χ1n) is 8.77. The van der Waals surface area contributed by atoms with Gasteiger partial charge in [-0.3, -0.25) is 4.79 Å². The predicted molar refractivity (Wildman–Crippen MR) is 110 cm³/mol. The summed E-state index contributed by atoms with van der Waals surface area (Å²) in [5, 5.41) is 7.77. The second-order valence-corrected chi connectivity index (χ2v) is 7.08. The van der Waals surface area contributed by atoms with Crippen molar-refractivity contribution in [2.75, 3.05) is 12.4 Å². The van der Waals surface area contributed by atoms with Crippen molar-refractivity contribution >= 4 is 28.5 Å². The molecular weight excluding hydrogens is 374 g/mol. The van der Waals surface area contributed by atoms with E-state index >= 15 is 0 Å². The lowest BCUT2D eigenvalue weighted by Gasteiger charge is -2.17. The molecule has 3 aromatic rings. The molecule has 2 N–H and O–H groups in total. The van der Waals surface area contributed by atoms with Crippen LogP contribution in [0.1, 0.15) is 11.1 Å². The van der Waals surface area contributed by atoms with Crippen LogP contribution in [-0.4, -0.2) is 30.1 Å². The smallest absolute Gasteiger partial charge is 0.407 e. The van der Waals surface area contributed by atoms with E-state index in [-0.39, 0.29) is 5.91 Å². The fraction of sp³-hybridized carbons (Fsp3) is 0.190. The van der Waals surface area contributed by atoms with E-state index in [2.05, 4.69) is 20.4 Å². The lowest BCUT2D eigenvalue weighted by atomic mass is 10.1. The van der Waals surface area contributed by atoms with E-state index in [1.54, 1.807) is 0 Å². The molecule has 0 aliphatic carbocycles. The van der Waals surface area contributed by atoms with Crippen LogP contribution in [0.5, 0.6) is 0 Å². The van der Waals surface area contributed by atoms with E-state index in [0.29, 0.717) is 11.6 Å². The molecule has 0 fully saturated rings. The van der Waals surface area contributed by atoms with E-state index in [9.17, 15) is 9.59 Å². The maximum absolute atomic E-state index is 12.8. The van der Waals surface area contributed by atoms with E-state index in [1.807, 2.05) is 66.9 Å². The first kappa shape index (κ1) is 19.6. The Bertz CT molecular complexity index is 956. The molecule has 1 aromatic heterocycles. The summed E-state index contributed by atoms with van der Waals surface area (Å²) in [6.45, 7) is 2.02. The van der Waals surface area contributed by atoms with Crippen molar-refractivity contribution in [2.45, 2.75) is 19.4 Å². The van der Waals surface area contributed by atoms with Gasteiger partial charge in [0, 0.05) is 17.4 Å². The average Bonchev–Trinajstić information content (AvgIpc) is 3.16. The maximum atomic E-state index is 12.8. The van der Waals surface area contributed by atoms with Crippen molar-refractivity contribution in [2.24, 2.45) is 0 Å². The van der Waals surface area contributed by atoms with Gasteiger partial charge in [-0.15, -0.1) is 11.3 Å². The normalized spacial score (nSPS) is 11.5. The highest BCUT2D eigenvalue weighted by Crippen LogP contribution is 2.27. The zero-order valence-corrected chi connectivity index (χ0v) is 16.5. The van der Waals surface area contributed by atoms with E-state index in [1.165, 1.54) is 18.4 Å². The van der Waals surface area contributed by atoms with Crippen molar-refractivity contribution in [1.29, 1.82) is 0 Å². The number of aromatic nitrogens is 1. The fourth-order valence-electron chi connectivity index (χ4n) is 2.77. The molecule has 2 amide bonds. The number of nitrogens with one attached hydrogen (secondary N) is 2. The molecule has 3 rings (SSSR count). The Morgan fingerprint density at radius 1 is 1.11 bits per heavy atom. The summed E-state index contributed by atoms with van der Waals surface area (Å²) in [7, 11) is 1.27. The SMILES string of the molecule is COC(=O)NC(Cc1ccccc1)C(=O)Nc1nc(-c2ccccc2C)cs1. The molecule has 6 nitrogen and oxygen atoms in total. The second kappa shape index (κ2) is 9.14. The molecule has 0 aliphatic heterocycles. The number of carbonyl (C=O) groups is 2. The molecule has 7 heteroatoms. The molecule has 0 radical (unpaired) electrons. The standard InChI is InChI=1S/C21H21N3O3S/c1-14-8-6-7-11-16(14)18-13-28-20(22-18)24-19(25)17(23-21(26)27-2)12-15-9-4-3-5-10-15/h3-11,13,17H,12H2,1-2H3,(H,23,26)(H,22,24,25). The third kappa shape index (κ3) is 4.95. The molecule has 0 saturated heterocycles. The lowest BCUT2D eigenvalue weighted by Crippen LogP contribution is -2.45. The summed E-state index contributed by atoms with van der Waals surface area (Å²) in [5.41, 5.74) is 3.87. The Kier molecular flexibility index (Phi) is 6.39. The van der Waals surface area contributed by atoms with Crippen molar-refractivity contribution in [3.05, 3.63) is 71.1 Å². The molecule has 2 aromatic carbocycles. The van der Waals surface area contributed by atoms with Crippen LogP contribution in [0, 0.1) is 6.92 Å². The third-order valence-corrected chi connectivity index (χ3v) is 4.99. The van der Waals surface area contributed by atoms with Crippen LogP contribution < -0.4 is 10.6 Å². The van der Waals surface area contributed by atoms with Crippen LogP contribution in [0.4, 0.5) is 9.93 Å². The monoisotopic (exact) mass is 395 g/mol. The number of carbonyl (C=O) groups excluding carboxylic acids is 2. The summed E-state index contributed by atoms with van der Waals surface area (Å²) >= 11 is 1.34. The molecule has 0 aliphatic rings. The van der Waals surface area contributed by atoms with Crippen LogP contribution >= 0.6 is 11.3 Å². The number of rotatable bonds is 6. The summed E-state index contributed by atoms with van der Waals surface area (Å²) < 4.78 is 4.65. The zero-order valence-electron chi connectivity index (χ0n) is 15.6. The summed E-state index contributed by atoms with van der Waals surface area (Å²) in [5.74, 6) is -0.347. The van der Waals surface area contributed by atoms with Gasteiger partial charge in [0.15, 0.2) is 5.13 Å². The van der Waals surface area contributed by atoms with Gasteiger partial charge in [0.2, 0.25) is 5.91 Å². The number of anilines is 1. The minimum atomic E-state index is -0.777. The van der Waals surface area contributed by atoms with Crippen molar-refractivity contribution < 1.29 is 14.3 Å². The predicted octanol–water partition coefficient (Wildman–Crippen LogP) is 4.02. The number of benzene rings is 2. The lowest BCUT2D eigenvalue weighted by molar-refractivity contribution is -0.118. The highest BCUT2D eigenvalue weighted by atomic mass is 32.1. The van der Waals surface area contributed by atoms with Crippen LogP contribution in [0.25, 0.3) is 11.3 Å². The van der Waals surface area contributed by atoms with Gasteiger partial charge in [0.25, 0.3) is 0 Å². The highest BCUT2D eigenvalue weighted by Gasteiger charge is 2.23. The number of thiazole rings is 1. The average molecular weight is 395 g/mol. The molecule has 0 spiro atoms. The Morgan fingerprint density at radius 2 is 1.82 bits per heavy atom. The van der Waals surface area contributed by atoms with Gasteiger partial charge >= 0.3 is 6.09 Å². The van der Waals surface area contributed by atoms with Crippen LogP contribution in [0.2, 0.25) is 0 Å². The van der Waals surface area contributed by atoms with Crippen molar-refractivity contribution in [3.63, 3.8) is 0 Å². The molecule has 0 bridgehead atoms. The van der Waals surface area contributed by atoms with Gasteiger partial charge < -0.3 is 15.4 Å². The number of hydrogen-bond acceptors (Lipinski definition) is 5. The molecule has 0 saturated carbocycles. The molecule has 1 atom stereocenters. The molecule has 1 heterocycles. The summed E-state index contributed by atoms with van der Waals surface area (Å²) in [4.78, 5) is 28.9. The van der Waals surface area contributed by atoms with E-state index in [4.69, 9.17) is 0 Å². The molecule has 144 valence electrons. The number of methoxy groups -OCH3 is 1. The maximum Gasteiger partial charge on any atom is 0.407 e. The third-order valence-electron chi connectivity index (χ3n) is 4.23. The number of alkyl carbamates (subject to hydrolysis) is 1. The highest BCUT2D eigenvalue weighted by molar-refractivity contribution is 7.14. The number of ether oxygens (including phenoxy) is 1. The minimum absolute atomic E-state index is 0.345. The van der Waals surface area contributed by atoms with Gasteiger partial charge in [-0.1, -0.05) is 54.6 Å². The van der Waals surface area contributed by atoms with Crippen molar-refractivity contribution in [1.82, 2.24) is 10.3 Å². The summed E-state index contributed by atoms with van der Waals surface area (Å²) in [6, 6.07) is 16.6. The molecular formula is C21H21N3O3S. The van der Waals surface area contributed by atoms with Gasteiger partial charge in [0.05, 0.1) is 12.8 Å². The Hall–Kier alpha value is -3.19. The number of amides is 2. The molecule has 1 unspecified atom stereocenters. The first-order valence-corrected chi connectivity index (χ1v) is 9.65. The Labute approximate surface area is 167 Å². The Balaban J connectivity index is 1.74. The largest absolute Gasteiger partial charge is 0.453 e. The number of aryl methyl sites for hydroxylation is 1. The number of nitrogens with zero attached hydrogens (tertiary/aromatic N) is 1. The van der Waals surface area contributed by atoms with Gasteiger partial charge in [-0.25, -0.2) is 9.78 Å². The second-order valence-electron chi connectivity index (χ2n) is 6.22. The van der Waals surface area contributed by atoms with Gasteiger partial charge in [-0.05, 0) is 18.1 Å². The van der Waals surface area contributed by atoms with Crippen LogP contribution in [0.3, 0.4) is 0 Å². The van der Waals surface area contributed by atoms with E-state index < -0.39 is 12.1 Å². The van der Waals surface area contributed by atoms with Crippen LogP contribution in [-0.2, 0) is 16.0 Å². The van der Waals surface area contributed by atoms with Crippen LogP contribution in [0.15, 0.2) is 60.0 Å². The van der Waals surface area contributed by atoms with Crippen molar-refractivity contribution in [3.8, 4) is 11.3 Å². The van der Waals surface area contributed by atoms with Gasteiger partial charge in [-0.2, -0.15) is 0 Å². The zero-order chi connectivity index (χ0) is 19.9. The quantitative estimate of drug-likeness (QED) is 0.660. The van der Waals surface area contributed by atoms with E-state index in [0.717, 1.165) is 22.4 Å². The number of hydrogen-bond donors (Lipinski definition) is 2. The Morgan fingerprint density at radius 3 is 2.54 bits per heavy atom. The topological polar surface area (TPSA) is 80.3 Å².